The highest BCUT2D eigenvalue weighted by Gasteiger charge is 2.17. The van der Waals surface area contributed by atoms with Gasteiger partial charge in [0.2, 0.25) is 0 Å². The van der Waals surface area contributed by atoms with Crippen LogP contribution in [0.3, 0.4) is 0 Å². The molecule has 0 radical (unpaired) electrons. The minimum absolute atomic E-state index is 0.379. The number of benzene rings is 2. The van der Waals surface area contributed by atoms with Crippen LogP contribution in [0.25, 0.3) is 0 Å². The quantitative estimate of drug-likeness (QED) is 0.677. The molecule has 0 spiro atoms. The van der Waals surface area contributed by atoms with E-state index in [1.807, 2.05) is 36.4 Å². The molecule has 6 heteroatoms. The van der Waals surface area contributed by atoms with E-state index in [-0.39, 0.29) is 0 Å². The fourth-order valence-corrected chi connectivity index (χ4v) is 3.85. The molecular formula is C17H15BrClNO2S. The van der Waals surface area contributed by atoms with E-state index >= 15 is 0 Å². The average molecular weight is 413 g/mol. The Morgan fingerprint density at radius 3 is 2.83 bits per heavy atom. The highest BCUT2D eigenvalue weighted by Crippen LogP contribution is 2.38. The van der Waals surface area contributed by atoms with Gasteiger partial charge in [0, 0.05) is 28.4 Å². The third-order valence-corrected chi connectivity index (χ3v) is 5.37. The Balaban J connectivity index is 1.85. The first-order valence-corrected chi connectivity index (χ1v) is 9.26. The van der Waals surface area contributed by atoms with Crippen molar-refractivity contribution in [2.45, 2.75) is 6.61 Å². The summed E-state index contributed by atoms with van der Waals surface area (Å²) in [5.41, 5.74) is 1.98. The van der Waals surface area contributed by atoms with Gasteiger partial charge >= 0.3 is 0 Å². The van der Waals surface area contributed by atoms with E-state index in [1.54, 1.807) is 18.9 Å². The second-order valence-corrected chi connectivity index (χ2v) is 7.25. The Hall–Kier alpha value is -1.17. The predicted molar refractivity (Wildman–Crippen MR) is 100 cm³/mol. The Morgan fingerprint density at radius 1 is 1.30 bits per heavy atom. The van der Waals surface area contributed by atoms with Gasteiger partial charge in [-0.1, -0.05) is 29.8 Å². The summed E-state index contributed by atoms with van der Waals surface area (Å²) in [4.78, 5) is 4.50. The number of halogens is 2. The lowest BCUT2D eigenvalue weighted by atomic mass is 10.2. The Labute approximate surface area is 153 Å². The first-order valence-electron chi connectivity index (χ1n) is 7.10. The lowest BCUT2D eigenvalue weighted by Crippen LogP contribution is -2.01. The first-order chi connectivity index (χ1) is 11.2. The Bertz CT molecular complexity index is 751. The van der Waals surface area contributed by atoms with Gasteiger partial charge in [-0.3, -0.25) is 4.99 Å². The lowest BCUT2D eigenvalue weighted by Gasteiger charge is -2.15. The molecule has 2 aromatic rings. The highest BCUT2D eigenvalue weighted by molar-refractivity contribution is 9.10. The second-order valence-electron chi connectivity index (χ2n) is 4.90. The first kappa shape index (κ1) is 16.7. The molecule has 0 aliphatic carbocycles. The van der Waals surface area contributed by atoms with Gasteiger partial charge in [0.05, 0.1) is 16.6 Å². The zero-order valence-corrected chi connectivity index (χ0v) is 15.7. The molecule has 0 bridgehead atoms. The molecule has 120 valence electrons. The molecule has 1 aliphatic rings. The van der Waals surface area contributed by atoms with Gasteiger partial charge in [-0.05, 0) is 34.1 Å². The van der Waals surface area contributed by atoms with Crippen molar-refractivity contribution in [1.82, 2.24) is 0 Å². The van der Waals surface area contributed by atoms with Crippen LogP contribution in [-0.2, 0) is 6.61 Å². The van der Waals surface area contributed by atoms with Crippen molar-refractivity contribution in [1.29, 1.82) is 0 Å². The molecule has 0 unspecified atom stereocenters. The van der Waals surface area contributed by atoms with Crippen LogP contribution < -0.4 is 9.47 Å². The molecule has 0 saturated carbocycles. The van der Waals surface area contributed by atoms with Gasteiger partial charge in [0.15, 0.2) is 11.5 Å². The van der Waals surface area contributed by atoms with Gasteiger partial charge in [-0.25, -0.2) is 0 Å². The second kappa shape index (κ2) is 7.60. The molecule has 0 amide bonds. The fourth-order valence-electron chi connectivity index (χ4n) is 2.26. The Morgan fingerprint density at radius 2 is 2.13 bits per heavy atom. The van der Waals surface area contributed by atoms with Crippen molar-refractivity contribution < 1.29 is 9.47 Å². The molecule has 3 nitrogen and oxygen atoms in total. The van der Waals surface area contributed by atoms with E-state index < -0.39 is 0 Å². The number of ether oxygens (including phenoxy) is 2. The summed E-state index contributed by atoms with van der Waals surface area (Å²) in [6.07, 6.45) is 0. The standard InChI is InChI=1S/C17H15BrClNO2S/c1-21-15-9-12(17-20-6-7-23-17)8-13(18)16(15)22-10-11-4-2-3-5-14(11)19/h2-5,8-9H,6-7,10H2,1H3. The zero-order chi connectivity index (χ0) is 16.2. The van der Waals surface area contributed by atoms with Crippen LogP contribution in [0.15, 0.2) is 45.9 Å². The van der Waals surface area contributed by atoms with Gasteiger partial charge in [0.1, 0.15) is 6.61 Å². The molecule has 0 atom stereocenters. The fraction of sp³-hybridized carbons (Fsp3) is 0.235. The van der Waals surface area contributed by atoms with Crippen LogP contribution in [-0.4, -0.2) is 24.5 Å². The number of methoxy groups -OCH3 is 1. The van der Waals surface area contributed by atoms with E-state index in [2.05, 4.69) is 20.9 Å². The van der Waals surface area contributed by atoms with Gasteiger partial charge in [0.25, 0.3) is 0 Å². The van der Waals surface area contributed by atoms with E-state index in [0.717, 1.165) is 32.9 Å². The minimum atomic E-state index is 0.379. The molecule has 0 aromatic heterocycles. The van der Waals surface area contributed by atoms with Crippen molar-refractivity contribution in [3.63, 3.8) is 0 Å². The normalized spacial score (nSPS) is 13.8. The van der Waals surface area contributed by atoms with Crippen LogP contribution in [0, 0.1) is 0 Å². The largest absolute Gasteiger partial charge is 0.493 e. The molecule has 23 heavy (non-hydrogen) atoms. The number of hydrogen-bond acceptors (Lipinski definition) is 4. The monoisotopic (exact) mass is 411 g/mol. The molecule has 0 fully saturated rings. The number of aliphatic imine (C=N–C) groups is 1. The van der Waals surface area contributed by atoms with E-state index in [9.17, 15) is 0 Å². The van der Waals surface area contributed by atoms with Gasteiger partial charge < -0.3 is 9.47 Å². The molecule has 1 aliphatic heterocycles. The maximum Gasteiger partial charge on any atom is 0.175 e. The number of thioether (sulfide) groups is 1. The summed E-state index contributed by atoms with van der Waals surface area (Å²) in [7, 11) is 1.64. The van der Waals surface area contributed by atoms with Crippen molar-refractivity contribution in [2.24, 2.45) is 4.99 Å². The molecule has 0 N–H and O–H groups in total. The molecule has 2 aromatic carbocycles. The number of rotatable bonds is 5. The molecular weight excluding hydrogens is 398 g/mol. The van der Waals surface area contributed by atoms with Gasteiger partial charge in [-0.15, -0.1) is 11.8 Å². The molecule has 0 saturated heterocycles. The summed E-state index contributed by atoms with van der Waals surface area (Å²) < 4.78 is 12.3. The summed E-state index contributed by atoms with van der Waals surface area (Å²) in [5, 5.41) is 1.73. The molecule has 1 heterocycles. The molecule has 3 rings (SSSR count). The third kappa shape index (κ3) is 3.84. The van der Waals surface area contributed by atoms with Crippen LogP contribution in [0.4, 0.5) is 0 Å². The van der Waals surface area contributed by atoms with E-state index in [4.69, 9.17) is 21.1 Å². The predicted octanol–water partition coefficient (Wildman–Crippen LogP) is 5.18. The maximum absolute atomic E-state index is 6.17. The lowest BCUT2D eigenvalue weighted by molar-refractivity contribution is 0.282. The van der Waals surface area contributed by atoms with Crippen LogP contribution >= 0.6 is 39.3 Å². The SMILES string of the molecule is COc1cc(C2=NCCS2)cc(Br)c1OCc1ccccc1Cl. The minimum Gasteiger partial charge on any atom is -0.493 e. The number of nitrogens with zero attached hydrogens (tertiary/aromatic N) is 1. The summed E-state index contributed by atoms with van der Waals surface area (Å²) in [6.45, 7) is 1.24. The van der Waals surface area contributed by atoms with Crippen LogP contribution in [0.1, 0.15) is 11.1 Å². The van der Waals surface area contributed by atoms with Crippen LogP contribution in [0.5, 0.6) is 11.5 Å². The van der Waals surface area contributed by atoms with Crippen molar-refractivity contribution in [3.05, 3.63) is 57.0 Å². The van der Waals surface area contributed by atoms with Gasteiger partial charge in [-0.2, -0.15) is 0 Å². The van der Waals surface area contributed by atoms with Crippen LogP contribution in [0.2, 0.25) is 5.02 Å². The highest BCUT2D eigenvalue weighted by atomic mass is 79.9. The maximum atomic E-state index is 6.17. The zero-order valence-electron chi connectivity index (χ0n) is 12.5. The van der Waals surface area contributed by atoms with Crippen molar-refractivity contribution >= 4 is 44.3 Å². The smallest absolute Gasteiger partial charge is 0.175 e. The third-order valence-electron chi connectivity index (χ3n) is 3.39. The summed E-state index contributed by atoms with van der Waals surface area (Å²) >= 11 is 11.5. The summed E-state index contributed by atoms with van der Waals surface area (Å²) in [5.74, 6) is 2.37. The van der Waals surface area contributed by atoms with Crippen molar-refractivity contribution in [3.8, 4) is 11.5 Å². The van der Waals surface area contributed by atoms with E-state index in [0.29, 0.717) is 23.1 Å². The summed E-state index contributed by atoms with van der Waals surface area (Å²) in [6, 6.07) is 11.6. The number of hydrogen-bond donors (Lipinski definition) is 0. The van der Waals surface area contributed by atoms with Crippen molar-refractivity contribution in [2.75, 3.05) is 19.4 Å². The van der Waals surface area contributed by atoms with E-state index in [1.165, 1.54) is 0 Å². The average Bonchev–Trinajstić information content (AvgIpc) is 3.09. The topological polar surface area (TPSA) is 30.8 Å². The Kier molecular flexibility index (Phi) is 5.51.